The molecule has 1 aromatic rings. The Hall–Kier alpha value is -1.62. The molecule has 5 nitrogen and oxygen atoms in total. The summed E-state index contributed by atoms with van der Waals surface area (Å²) in [6.45, 7) is 4.62. The van der Waals surface area contributed by atoms with Crippen LogP contribution in [0.5, 0.6) is 0 Å². The average molecular weight is 265 g/mol. The highest BCUT2D eigenvalue weighted by Crippen LogP contribution is 2.10. The predicted octanol–water partition coefficient (Wildman–Crippen LogP) is 0.879. The first-order chi connectivity index (χ1) is 8.99. The van der Waals surface area contributed by atoms with Gasteiger partial charge in [0, 0.05) is 37.5 Å². The number of aromatic nitrogens is 1. The number of rotatable bonds is 6. The maximum Gasteiger partial charge on any atom is 0.251 e. The lowest BCUT2D eigenvalue weighted by molar-refractivity contribution is 0.0947. The molecule has 0 spiro atoms. The largest absolute Gasteiger partial charge is 0.350 e. The van der Waals surface area contributed by atoms with Gasteiger partial charge in [0.1, 0.15) is 0 Å². The Kier molecular flexibility index (Phi) is 5.76. The van der Waals surface area contributed by atoms with Crippen LogP contribution >= 0.6 is 0 Å². The lowest BCUT2D eigenvalue weighted by Crippen LogP contribution is -2.42. The molecule has 0 fully saturated rings. The Labute approximate surface area is 113 Å². The molecular formula is C14H23N3O2. The fraction of sp³-hybridized carbons (Fsp3) is 0.571. The fourth-order valence-electron chi connectivity index (χ4n) is 2.06. The number of hydrogen-bond donors (Lipinski definition) is 2. The van der Waals surface area contributed by atoms with Gasteiger partial charge in [-0.2, -0.15) is 0 Å². The lowest BCUT2D eigenvalue weighted by atomic mass is 9.95. The zero-order valence-corrected chi connectivity index (χ0v) is 11.8. The fourth-order valence-corrected chi connectivity index (χ4v) is 2.06. The molecule has 0 aliphatic rings. The summed E-state index contributed by atoms with van der Waals surface area (Å²) in [6.07, 6.45) is 3.58. The summed E-state index contributed by atoms with van der Waals surface area (Å²) in [4.78, 5) is 23.3. The summed E-state index contributed by atoms with van der Waals surface area (Å²) >= 11 is 0. The number of hydrogen-bond acceptors (Lipinski definition) is 3. The standard InChI is InChI=1S/C14H23N3O2/c1-4-10(5-2)12(15)9-16-14(19)11-6-7-17(3)13(18)8-11/h6-8,10,12H,4-5,9,15H2,1-3H3,(H,16,19). The number of nitrogens with zero attached hydrogens (tertiary/aromatic N) is 1. The minimum Gasteiger partial charge on any atom is -0.350 e. The highest BCUT2D eigenvalue weighted by atomic mass is 16.2. The van der Waals surface area contributed by atoms with Crippen LogP contribution in [0.3, 0.4) is 0 Å². The molecule has 106 valence electrons. The molecule has 0 aliphatic carbocycles. The molecule has 0 aliphatic heterocycles. The number of pyridine rings is 1. The van der Waals surface area contributed by atoms with Gasteiger partial charge in [0.25, 0.3) is 11.5 Å². The van der Waals surface area contributed by atoms with E-state index in [0.717, 1.165) is 12.8 Å². The first kappa shape index (κ1) is 15.4. The summed E-state index contributed by atoms with van der Waals surface area (Å²) in [6, 6.07) is 2.91. The normalized spacial score (nSPS) is 12.5. The zero-order chi connectivity index (χ0) is 14.4. The molecule has 0 saturated heterocycles. The van der Waals surface area contributed by atoms with Crippen molar-refractivity contribution in [3.05, 3.63) is 34.2 Å². The van der Waals surface area contributed by atoms with Crippen LogP contribution in [0.1, 0.15) is 37.0 Å². The second-order valence-electron chi connectivity index (χ2n) is 4.82. The van der Waals surface area contributed by atoms with E-state index in [9.17, 15) is 9.59 Å². The van der Waals surface area contributed by atoms with Crippen LogP contribution in [0, 0.1) is 5.92 Å². The summed E-state index contributed by atoms with van der Waals surface area (Å²) in [5.41, 5.74) is 6.22. The molecule has 1 atom stereocenters. The van der Waals surface area contributed by atoms with Crippen LogP contribution in [0.4, 0.5) is 0 Å². The third kappa shape index (κ3) is 4.21. The second kappa shape index (κ2) is 7.09. The van der Waals surface area contributed by atoms with Gasteiger partial charge in [0.2, 0.25) is 0 Å². The molecule has 3 N–H and O–H groups in total. The Morgan fingerprint density at radius 1 is 1.42 bits per heavy atom. The first-order valence-electron chi connectivity index (χ1n) is 6.70. The third-order valence-electron chi connectivity index (χ3n) is 3.52. The predicted molar refractivity (Wildman–Crippen MR) is 76.1 cm³/mol. The number of carbonyl (C=O) groups is 1. The third-order valence-corrected chi connectivity index (χ3v) is 3.52. The summed E-state index contributed by atoms with van der Waals surface area (Å²) in [7, 11) is 1.65. The molecule has 0 saturated carbocycles. The molecule has 5 heteroatoms. The molecular weight excluding hydrogens is 242 g/mol. The Bertz CT molecular complexity index is 478. The number of nitrogens with one attached hydrogen (secondary N) is 1. The minimum atomic E-state index is -0.251. The van der Waals surface area contributed by atoms with Gasteiger partial charge in [-0.3, -0.25) is 9.59 Å². The second-order valence-corrected chi connectivity index (χ2v) is 4.82. The maximum absolute atomic E-state index is 11.9. The molecule has 0 aromatic carbocycles. The van der Waals surface area contributed by atoms with Crippen molar-refractivity contribution in [2.75, 3.05) is 6.54 Å². The van der Waals surface area contributed by atoms with Gasteiger partial charge in [-0.05, 0) is 12.0 Å². The monoisotopic (exact) mass is 265 g/mol. The van der Waals surface area contributed by atoms with Crippen molar-refractivity contribution in [2.45, 2.75) is 32.7 Å². The van der Waals surface area contributed by atoms with E-state index in [2.05, 4.69) is 19.2 Å². The Morgan fingerprint density at radius 2 is 2.05 bits per heavy atom. The van der Waals surface area contributed by atoms with Gasteiger partial charge in [-0.15, -0.1) is 0 Å². The first-order valence-corrected chi connectivity index (χ1v) is 6.70. The number of aryl methyl sites for hydroxylation is 1. The SMILES string of the molecule is CCC(CC)C(N)CNC(=O)c1ccn(C)c(=O)c1. The molecule has 19 heavy (non-hydrogen) atoms. The van der Waals surface area contributed by atoms with Crippen LogP contribution in [0.2, 0.25) is 0 Å². The summed E-state index contributed by atoms with van der Waals surface area (Å²) in [5, 5.41) is 2.78. The van der Waals surface area contributed by atoms with E-state index >= 15 is 0 Å². The molecule has 1 heterocycles. The molecule has 1 aromatic heterocycles. The number of nitrogens with two attached hydrogens (primary N) is 1. The molecule has 1 rings (SSSR count). The van der Waals surface area contributed by atoms with Gasteiger partial charge in [0.05, 0.1) is 0 Å². The van der Waals surface area contributed by atoms with Crippen molar-refractivity contribution in [1.29, 1.82) is 0 Å². The van der Waals surface area contributed by atoms with E-state index in [1.165, 1.54) is 10.6 Å². The lowest BCUT2D eigenvalue weighted by Gasteiger charge is -2.21. The number of amides is 1. The van der Waals surface area contributed by atoms with Crippen LogP contribution in [0.15, 0.2) is 23.1 Å². The van der Waals surface area contributed by atoms with Crippen LogP contribution in [0.25, 0.3) is 0 Å². The smallest absolute Gasteiger partial charge is 0.251 e. The average Bonchev–Trinajstić information content (AvgIpc) is 2.40. The van der Waals surface area contributed by atoms with Gasteiger partial charge in [0.15, 0.2) is 0 Å². The number of carbonyl (C=O) groups excluding carboxylic acids is 1. The quantitative estimate of drug-likeness (QED) is 0.801. The van der Waals surface area contributed by atoms with Crippen molar-refractivity contribution >= 4 is 5.91 Å². The molecule has 0 bridgehead atoms. The summed E-state index contributed by atoms with van der Waals surface area (Å²) < 4.78 is 1.42. The minimum absolute atomic E-state index is 0.0505. The zero-order valence-electron chi connectivity index (χ0n) is 11.8. The van der Waals surface area contributed by atoms with Crippen molar-refractivity contribution in [3.8, 4) is 0 Å². The van der Waals surface area contributed by atoms with E-state index in [0.29, 0.717) is 18.0 Å². The van der Waals surface area contributed by atoms with Crippen LogP contribution in [-0.4, -0.2) is 23.1 Å². The van der Waals surface area contributed by atoms with Gasteiger partial charge < -0.3 is 15.6 Å². The maximum atomic E-state index is 11.9. The van der Waals surface area contributed by atoms with Crippen molar-refractivity contribution in [1.82, 2.24) is 9.88 Å². The van der Waals surface area contributed by atoms with E-state index in [-0.39, 0.29) is 17.5 Å². The van der Waals surface area contributed by atoms with E-state index < -0.39 is 0 Å². The van der Waals surface area contributed by atoms with Gasteiger partial charge in [-0.1, -0.05) is 26.7 Å². The van der Waals surface area contributed by atoms with Crippen molar-refractivity contribution in [3.63, 3.8) is 0 Å². The van der Waals surface area contributed by atoms with E-state index in [4.69, 9.17) is 5.73 Å². The van der Waals surface area contributed by atoms with Gasteiger partial charge in [-0.25, -0.2) is 0 Å². The highest BCUT2D eigenvalue weighted by molar-refractivity contribution is 5.93. The van der Waals surface area contributed by atoms with Crippen LogP contribution in [-0.2, 0) is 7.05 Å². The van der Waals surface area contributed by atoms with Crippen LogP contribution < -0.4 is 16.6 Å². The Balaban J connectivity index is 2.60. The molecule has 1 amide bonds. The van der Waals surface area contributed by atoms with Gasteiger partial charge >= 0.3 is 0 Å². The molecule has 0 radical (unpaired) electrons. The summed E-state index contributed by atoms with van der Waals surface area (Å²) in [5.74, 6) is 0.156. The highest BCUT2D eigenvalue weighted by Gasteiger charge is 2.15. The van der Waals surface area contributed by atoms with E-state index in [1.54, 1.807) is 19.3 Å². The molecule has 1 unspecified atom stereocenters. The van der Waals surface area contributed by atoms with Crippen molar-refractivity contribution in [2.24, 2.45) is 18.7 Å². The topological polar surface area (TPSA) is 77.1 Å². The Morgan fingerprint density at radius 3 is 2.58 bits per heavy atom. The van der Waals surface area contributed by atoms with E-state index in [1.807, 2.05) is 0 Å². The van der Waals surface area contributed by atoms with Crippen molar-refractivity contribution < 1.29 is 4.79 Å².